The van der Waals surface area contributed by atoms with Gasteiger partial charge in [-0.25, -0.2) is 0 Å². The molecule has 102 valence electrons. The zero-order valence-electron chi connectivity index (χ0n) is 11.6. The standard InChI is InChI=1S/C19H20O/c1-2-3-10-15-19(16-20,17-11-6-4-7-12-17)18-13-8-5-9-14-18/h3-9,11-14,20H,1,10,15-16H2. The van der Waals surface area contributed by atoms with Crippen molar-refractivity contribution in [3.63, 3.8) is 0 Å². The fourth-order valence-electron chi connectivity index (χ4n) is 2.65. The largest absolute Gasteiger partial charge is 0.395 e. The third kappa shape index (κ3) is 2.91. The van der Waals surface area contributed by atoms with Crippen LogP contribution in [0.4, 0.5) is 0 Å². The van der Waals surface area contributed by atoms with Crippen molar-refractivity contribution in [3.05, 3.63) is 90.2 Å². The smallest absolute Gasteiger partial charge is 0.0568 e. The van der Waals surface area contributed by atoms with Gasteiger partial charge in [-0.2, -0.15) is 0 Å². The molecule has 0 saturated carbocycles. The Morgan fingerprint density at radius 2 is 1.45 bits per heavy atom. The Labute approximate surface area is 120 Å². The Morgan fingerprint density at radius 1 is 0.950 bits per heavy atom. The molecule has 0 aliphatic heterocycles. The van der Waals surface area contributed by atoms with E-state index in [1.807, 2.05) is 42.5 Å². The normalized spacial score (nSPS) is 10.8. The summed E-state index contributed by atoms with van der Waals surface area (Å²) >= 11 is 0. The molecule has 2 aromatic carbocycles. The van der Waals surface area contributed by atoms with Crippen LogP contribution in [0.3, 0.4) is 0 Å². The van der Waals surface area contributed by atoms with Gasteiger partial charge in [-0.3, -0.25) is 0 Å². The monoisotopic (exact) mass is 264 g/mol. The first-order valence-electron chi connectivity index (χ1n) is 6.90. The Balaban J connectivity index is 2.49. The maximum atomic E-state index is 10.1. The van der Waals surface area contributed by atoms with Crippen LogP contribution in [0.5, 0.6) is 0 Å². The predicted octanol–water partition coefficient (Wildman–Crippen LogP) is 4.09. The van der Waals surface area contributed by atoms with Crippen molar-refractivity contribution in [2.75, 3.05) is 6.61 Å². The van der Waals surface area contributed by atoms with Gasteiger partial charge >= 0.3 is 0 Å². The SMILES string of the molecule is C=C=CCCC(CO)(c1ccccc1)c1ccccc1. The van der Waals surface area contributed by atoms with E-state index in [1.54, 1.807) is 0 Å². The van der Waals surface area contributed by atoms with E-state index >= 15 is 0 Å². The van der Waals surface area contributed by atoms with E-state index in [9.17, 15) is 5.11 Å². The molecule has 0 aliphatic carbocycles. The fourth-order valence-corrected chi connectivity index (χ4v) is 2.65. The van der Waals surface area contributed by atoms with Gasteiger partial charge in [-0.1, -0.05) is 67.2 Å². The van der Waals surface area contributed by atoms with Gasteiger partial charge in [0, 0.05) is 5.41 Å². The lowest BCUT2D eigenvalue weighted by Gasteiger charge is -2.33. The van der Waals surface area contributed by atoms with Gasteiger partial charge in [0.1, 0.15) is 0 Å². The second-order valence-corrected chi connectivity index (χ2v) is 4.92. The van der Waals surface area contributed by atoms with Crippen molar-refractivity contribution in [2.45, 2.75) is 18.3 Å². The average molecular weight is 264 g/mol. The summed E-state index contributed by atoms with van der Waals surface area (Å²) in [5.74, 6) is 0. The predicted molar refractivity (Wildman–Crippen MR) is 83.7 cm³/mol. The first kappa shape index (κ1) is 14.3. The highest BCUT2D eigenvalue weighted by molar-refractivity contribution is 5.39. The molecule has 1 N–H and O–H groups in total. The summed E-state index contributed by atoms with van der Waals surface area (Å²) in [6.07, 6.45) is 3.60. The first-order chi connectivity index (χ1) is 9.83. The quantitative estimate of drug-likeness (QED) is 0.779. The van der Waals surface area contributed by atoms with Gasteiger partial charge in [0.05, 0.1) is 6.61 Å². The molecule has 1 nitrogen and oxygen atoms in total. The van der Waals surface area contributed by atoms with Crippen LogP contribution < -0.4 is 0 Å². The van der Waals surface area contributed by atoms with Gasteiger partial charge < -0.3 is 5.11 Å². The van der Waals surface area contributed by atoms with Crippen molar-refractivity contribution in [3.8, 4) is 0 Å². The van der Waals surface area contributed by atoms with Crippen LogP contribution in [0.25, 0.3) is 0 Å². The molecule has 0 amide bonds. The molecule has 0 atom stereocenters. The minimum Gasteiger partial charge on any atom is -0.395 e. The molecule has 0 unspecified atom stereocenters. The first-order valence-corrected chi connectivity index (χ1v) is 6.90. The Bertz CT molecular complexity index is 526. The summed E-state index contributed by atoms with van der Waals surface area (Å²) in [5, 5.41) is 10.1. The van der Waals surface area contributed by atoms with E-state index < -0.39 is 0 Å². The third-order valence-corrected chi connectivity index (χ3v) is 3.78. The highest BCUT2D eigenvalue weighted by Gasteiger charge is 2.32. The van der Waals surface area contributed by atoms with Crippen molar-refractivity contribution < 1.29 is 5.11 Å². The second kappa shape index (κ2) is 6.91. The highest BCUT2D eigenvalue weighted by atomic mass is 16.3. The van der Waals surface area contributed by atoms with E-state index in [4.69, 9.17) is 0 Å². The van der Waals surface area contributed by atoms with Crippen LogP contribution in [-0.2, 0) is 5.41 Å². The summed E-state index contributed by atoms with van der Waals surface area (Å²) in [6.45, 7) is 3.70. The number of benzene rings is 2. The van der Waals surface area contributed by atoms with Gasteiger partial charge in [0.25, 0.3) is 0 Å². The molecular formula is C19H20O. The van der Waals surface area contributed by atoms with Crippen LogP contribution in [0.15, 0.2) is 79.0 Å². The fraction of sp³-hybridized carbons (Fsp3) is 0.211. The molecule has 0 spiro atoms. The summed E-state index contributed by atoms with van der Waals surface area (Å²) in [5.41, 5.74) is 4.73. The van der Waals surface area contributed by atoms with Gasteiger partial charge in [-0.15, -0.1) is 5.73 Å². The number of aliphatic hydroxyl groups is 1. The van der Waals surface area contributed by atoms with Gasteiger partial charge in [0.2, 0.25) is 0 Å². The molecule has 0 bridgehead atoms. The zero-order valence-corrected chi connectivity index (χ0v) is 11.6. The molecule has 0 fully saturated rings. The van der Waals surface area contributed by atoms with E-state index in [-0.39, 0.29) is 12.0 Å². The maximum Gasteiger partial charge on any atom is 0.0568 e. The van der Waals surface area contributed by atoms with E-state index in [0.29, 0.717) is 0 Å². The Morgan fingerprint density at radius 3 is 1.85 bits per heavy atom. The number of hydrogen-bond donors (Lipinski definition) is 1. The second-order valence-electron chi connectivity index (χ2n) is 4.92. The van der Waals surface area contributed by atoms with Crippen LogP contribution in [-0.4, -0.2) is 11.7 Å². The van der Waals surface area contributed by atoms with Crippen LogP contribution in [0.2, 0.25) is 0 Å². The molecule has 20 heavy (non-hydrogen) atoms. The molecule has 0 aliphatic rings. The van der Waals surface area contributed by atoms with Crippen molar-refractivity contribution in [1.82, 2.24) is 0 Å². The molecule has 0 saturated heterocycles. The average Bonchev–Trinajstić information content (AvgIpc) is 2.54. The number of hydrogen-bond acceptors (Lipinski definition) is 1. The van der Waals surface area contributed by atoms with Crippen molar-refractivity contribution in [2.24, 2.45) is 0 Å². The third-order valence-electron chi connectivity index (χ3n) is 3.78. The summed E-state index contributed by atoms with van der Waals surface area (Å²) in [6, 6.07) is 20.4. The zero-order chi connectivity index (χ0) is 14.3. The lowest BCUT2D eigenvalue weighted by atomic mass is 9.72. The molecule has 0 heterocycles. The Kier molecular flexibility index (Phi) is 4.95. The highest BCUT2D eigenvalue weighted by Crippen LogP contribution is 2.36. The molecule has 0 aromatic heterocycles. The number of allylic oxidation sites excluding steroid dienone is 1. The van der Waals surface area contributed by atoms with E-state index in [2.05, 4.69) is 36.6 Å². The van der Waals surface area contributed by atoms with Gasteiger partial charge in [0.15, 0.2) is 0 Å². The molecule has 2 rings (SSSR count). The van der Waals surface area contributed by atoms with Crippen molar-refractivity contribution >= 4 is 0 Å². The summed E-state index contributed by atoms with van der Waals surface area (Å²) in [4.78, 5) is 0. The van der Waals surface area contributed by atoms with Gasteiger partial charge in [-0.05, 0) is 30.0 Å². The molecule has 2 aromatic rings. The topological polar surface area (TPSA) is 20.2 Å². The number of aliphatic hydroxyl groups excluding tert-OH is 1. The van der Waals surface area contributed by atoms with Crippen LogP contribution >= 0.6 is 0 Å². The summed E-state index contributed by atoms with van der Waals surface area (Å²) < 4.78 is 0. The lowest BCUT2D eigenvalue weighted by molar-refractivity contribution is 0.212. The van der Waals surface area contributed by atoms with E-state index in [1.165, 1.54) is 0 Å². The van der Waals surface area contributed by atoms with E-state index in [0.717, 1.165) is 24.0 Å². The summed E-state index contributed by atoms with van der Waals surface area (Å²) in [7, 11) is 0. The van der Waals surface area contributed by atoms with Crippen LogP contribution in [0, 0.1) is 0 Å². The number of rotatable bonds is 6. The lowest BCUT2D eigenvalue weighted by Crippen LogP contribution is -2.32. The van der Waals surface area contributed by atoms with Crippen molar-refractivity contribution in [1.29, 1.82) is 0 Å². The minimum atomic E-state index is -0.365. The maximum absolute atomic E-state index is 10.1. The Hall–Kier alpha value is -2.08. The molecule has 0 radical (unpaired) electrons. The molecule has 1 heteroatoms. The molecular weight excluding hydrogens is 244 g/mol. The van der Waals surface area contributed by atoms with Crippen LogP contribution in [0.1, 0.15) is 24.0 Å². The minimum absolute atomic E-state index is 0.0893.